The highest BCUT2D eigenvalue weighted by atomic mass is 28.3. The number of Topliss-reactive ketones (excluding diaryl/α,β-unsaturated/α-hetero) is 1. The first-order valence-electron chi connectivity index (χ1n) is 9.52. The van der Waals surface area contributed by atoms with E-state index in [1.165, 1.54) is 5.56 Å². The van der Waals surface area contributed by atoms with Gasteiger partial charge in [0.05, 0.1) is 14.7 Å². The van der Waals surface area contributed by atoms with Crippen LogP contribution < -0.4 is 0 Å². The highest BCUT2D eigenvalue weighted by Crippen LogP contribution is 2.36. The maximum atomic E-state index is 12.0. The summed E-state index contributed by atoms with van der Waals surface area (Å²) >= 11 is 0. The summed E-state index contributed by atoms with van der Waals surface area (Å²) in [6.07, 6.45) is 2.14. The lowest BCUT2D eigenvalue weighted by molar-refractivity contribution is -0.125. The predicted octanol–water partition coefficient (Wildman–Crippen LogP) is 4.85. The number of hydrogen-bond acceptors (Lipinski definition) is 3. The van der Waals surface area contributed by atoms with Gasteiger partial charge in [0.25, 0.3) is 0 Å². The molecule has 1 saturated heterocycles. The van der Waals surface area contributed by atoms with Crippen molar-refractivity contribution in [3.63, 3.8) is 0 Å². The van der Waals surface area contributed by atoms with Crippen molar-refractivity contribution >= 4 is 13.9 Å². The standard InChI is InChI=1S/C21H35NO2Si/c1-17(18-10-8-7-9-11-18)22-13-12-20(23)14-19(22)15-24-16-25(5,6)21(2,3)4/h7-11,17,19H,12-16H2,1-6H3. The molecule has 2 atom stereocenters. The van der Waals surface area contributed by atoms with Crippen molar-refractivity contribution in [2.75, 3.05) is 19.4 Å². The lowest BCUT2D eigenvalue weighted by Gasteiger charge is -2.41. The Balaban J connectivity index is 2.01. The highest BCUT2D eigenvalue weighted by molar-refractivity contribution is 6.80. The van der Waals surface area contributed by atoms with Gasteiger partial charge in [-0.2, -0.15) is 0 Å². The largest absolute Gasteiger partial charge is 0.383 e. The van der Waals surface area contributed by atoms with Crippen LogP contribution in [0.4, 0.5) is 0 Å². The molecule has 1 aliphatic rings. The van der Waals surface area contributed by atoms with Crippen LogP contribution in [0.3, 0.4) is 0 Å². The van der Waals surface area contributed by atoms with Crippen LogP contribution in [0.2, 0.25) is 18.1 Å². The number of ketones is 1. The molecule has 0 aliphatic carbocycles. The summed E-state index contributed by atoms with van der Waals surface area (Å²) in [5.74, 6) is 0.373. The van der Waals surface area contributed by atoms with E-state index in [9.17, 15) is 4.79 Å². The molecule has 3 nitrogen and oxygen atoms in total. The quantitative estimate of drug-likeness (QED) is 0.679. The zero-order valence-electron chi connectivity index (χ0n) is 16.8. The fourth-order valence-corrected chi connectivity index (χ4v) is 4.23. The minimum atomic E-state index is -1.45. The van der Waals surface area contributed by atoms with E-state index in [1.807, 2.05) is 0 Å². The summed E-state index contributed by atoms with van der Waals surface area (Å²) in [4.78, 5) is 14.5. The molecule has 1 fully saturated rings. The van der Waals surface area contributed by atoms with Crippen molar-refractivity contribution in [1.82, 2.24) is 4.90 Å². The van der Waals surface area contributed by atoms with Gasteiger partial charge in [-0.25, -0.2) is 0 Å². The zero-order chi connectivity index (χ0) is 18.7. The minimum absolute atomic E-state index is 0.196. The van der Waals surface area contributed by atoms with E-state index in [2.05, 4.69) is 76.0 Å². The van der Waals surface area contributed by atoms with Gasteiger partial charge in [0.1, 0.15) is 5.78 Å². The second-order valence-corrected chi connectivity index (χ2v) is 14.7. The summed E-state index contributed by atoms with van der Waals surface area (Å²) in [5, 5.41) is 0.326. The molecule has 140 valence electrons. The van der Waals surface area contributed by atoms with Gasteiger partial charge in [-0.05, 0) is 17.5 Å². The van der Waals surface area contributed by atoms with Crippen molar-refractivity contribution in [1.29, 1.82) is 0 Å². The zero-order valence-corrected chi connectivity index (χ0v) is 17.8. The van der Waals surface area contributed by atoms with Crippen LogP contribution >= 0.6 is 0 Å². The summed E-state index contributed by atoms with van der Waals surface area (Å²) in [7, 11) is -1.45. The molecule has 0 spiro atoms. The van der Waals surface area contributed by atoms with Crippen molar-refractivity contribution in [2.24, 2.45) is 0 Å². The van der Waals surface area contributed by atoms with Crippen LogP contribution in [0, 0.1) is 0 Å². The number of carbonyl (C=O) groups is 1. The molecule has 0 bridgehead atoms. The number of rotatable bonds is 6. The van der Waals surface area contributed by atoms with Crippen LogP contribution in [0.15, 0.2) is 30.3 Å². The fraction of sp³-hybridized carbons (Fsp3) is 0.667. The van der Waals surface area contributed by atoms with Gasteiger partial charge in [-0.1, -0.05) is 64.2 Å². The maximum Gasteiger partial charge on any atom is 0.135 e. The molecule has 25 heavy (non-hydrogen) atoms. The van der Waals surface area contributed by atoms with Crippen LogP contribution in [0.5, 0.6) is 0 Å². The molecule has 0 radical (unpaired) electrons. The lowest BCUT2D eigenvalue weighted by atomic mass is 9.97. The Morgan fingerprint density at radius 1 is 1.24 bits per heavy atom. The first kappa shape index (κ1) is 20.3. The number of benzene rings is 1. The Kier molecular flexibility index (Phi) is 6.63. The molecular formula is C21H35NO2Si. The first-order chi connectivity index (χ1) is 11.6. The summed E-state index contributed by atoms with van der Waals surface area (Å²) in [5.41, 5.74) is 1.31. The van der Waals surface area contributed by atoms with E-state index in [1.54, 1.807) is 0 Å². The third-order valence-electron chi connectivity index (χ3n) is 6.16. The van der Waals surface area contributed by atoms with Crippen LogP contribution in [0.1, 0.15) is 52.1 Å². The van der Waals surface area contributed by atoms with E-state index in [0.717, 1.165) is 12.8 Å². The maximum absolute atomic E-state index is 12.0. The third kappa shape index (κ3) is 5.25. The van der Waals surface area contributed by atoms with Crippen molar-refractivity contribution < 1.29 is 9.53 Å². The van der Waals surface area contributed by atoms with Gasteiger partial charge in [0.15, 0.2) is 0 Å². The van der Waals surface area contributed by atoms with Gasteiger partial charge in [-0.15, -0.1) is 0 Å². The molecule has 0 aromatic heterocycles. The molecule has 0 saturated carbocycles. The summed E-state index contributed by atoms with van der Waals surface area (Å²) in [6, 6.07) is 11.1. The molecule has 2 rings (SSSR count). The van der Waals surface area contributed by atoms with Crippen LogP contribution in [0.25, 0.3) is 0 Å². The lowest BCUT2D eigenvalue weighted by Crippen LogP contribution is -2.48. The normalized spacial score (nSPS) is 21.4. The van der Waals surface area contributed by atoms with E-state index < -0.39 is 8.07 Å². The molecule has 1 aliphatic heterocycles. The summed E-state index contributed by atoms with van der Waals surface area (Å²) < 4.78 is 6.20. The molecular weight excluding hydrogens is 326 g/mol. The smallest absolute Gasteiger partial charge is 0.135 e. The van der Waals surface area contributed by atoms with Gasteiger partial charge < -0.3 is 4.74 Å². The topological polar surface area (TPSA) is 29.5 Å². The van der Waals surface area contributed by atoms with E-state index in [0.29, 0.717) is 36.3 Å². The van der Waals surface area contributed by atoms with Gasteiger partial charge in [0, 0.05) is 37.7 Å². The fourth-order valence-electron chi connectivity index (χ4n) is 3.17. The van der Waals surface area contributed by atoms with E-state index >= 15 is 0 Å². The number of likely N-dealkylation sites (tertiary alicyclic amines) is 1. The van der Waals surface area contributed by atoms with Crippen LogP contribution in [-0.4, -0.2) is 44.2 Å². The average molecular weight is 362 g/mol. The molecule has 4 heteroatoms. The second-order valence-electron chi connectivity index (χ2n) is 9.12. The Morgan fingerprint density at radius 3 is 2.48 bits per heavy atom. The Hall–Kier alpha value is -0.973. The van der Waals surface area contributed by atoms with Crippen molar-refractivity contribution in [2.45, 2.75) is 70.8 Å². The number of ether oxygens (including phenoxy) is 1. The Bertz CT molecular complexity index is 565. The predicted molar refractivity (Wildman–Crippen MR) is 108 cm³/mol. The highest BCUT2D eigenvalue weighted by Gasteiger charge is 2.36. The monoisotopic (exact) mass is 361 g/mol. The third-order valence-corrected chi connectivity index (χ3v) is 11.2. The molecule has 0 amide bonds. The van der Waals surface area contributed by atoms with Gasteiger partial charge >= 0.3 is 0 Å². The van der Waals surface area contributed by atoms with E-state index in [-0.39, 0.29) is 6.04 Å². The van der Waals surface area contributed by atoms with E-state index in [4.69, 9.17) is 4.74 Å². The molecule has 1 heterocycles. The first-order valence-corrected chi connectivity index (χ1v) is 12.7. The second kappa shape index (κ2) is 8.15. The number of carbonyl (C=O) groups excluding carboxylic acids is 1. The Labute approximate surface area is 154 Å². The Morgan fingerprint density at radius 2 is 1.88 bits per heavy atom. The number of hydrogen-bond donors (Lipinski definition) is 0. The van der Waals surface area contributed by atoms with Crippen LogP contribution in [-0.2, 0) is 9.53 Å². The molecule has 2 unspecified atom stereocenters. The molecule has 1 aromatic rings. The number of nitrogens with zero attached hydrogens (tertiary/aromatic N) is 1. The molecule has 0 N–H and O–H groups in total. The minimum Gasteiger partial charge on any atom is -0.383 e. The van der Waals surface area contributed by atoms with Crippen molar-refractivity contribution in [3.05, 3.63) is 35.9 Å². The molecule has 1 aromatic carbocycles. The number of piperidine rings is 1. The van der Waals surface area contributed by atoms with Crippen molar-refractivity contribution in [3.8, 4) is 0 Å². The summed E-state index contributed by atoms with van der Waals surface area (Å²) in [6.45, 7) is 15.5. The SMILES string of the molecule is CC(c1ccccc1)N1CCC(=O)CC1COC[Si](C)(C)C(C)(C)C. The van der Waals surface area contributed by atoms with Gasteiger partial charge in [-0.3, -0.25) is 9.69 Å². The van der Waals surface area contributed by atoms with Gasteiger partial charge in [0.2, 0.25) is 0 Å². The average Bonchev–Trinajstić information content (AvgIpc) is 2.54.